The van der Waals surface area contributed by atoms with Gasteiger partial charge < -0.3 is 14.5 Å². The molecule has 0 bridgehead atoms. The minimum Gasteiger partial charge on any atom is -0.454 e. The molecular weight excluding hydrogens is 398 g/mol. The highest BCUT2D eigenvalue weighted by atomic mass is 16.5. The third-order valence-corrected chi connectivity index (χ3v) is 5.91. The number of allylic oxidation sites excluding steroid dienone is 2. The Bertz CT molecular complexity index is 867. The molecule has 1 aromatic carbocycles. The predicted octanol–water partition coefficient (Wildman–Crippen LogP) is 1.59. The van der Waals surface area contributed by atoms with E-state index < -0.39 is 30.5 Å². The Labute approximate surface area is 182 Å². The number of esters is 1. The summed E-state index contributed by atoms with van der Waals surface area (Å²) in [6.07, 6.45) is 4.79. The van der Waals surface area contributed by atoms with E-state index in [9.17, 15) is 19.2 Å². The molecular formula is C23H29N3O5. The van der Waals surface area contributed by atoms with E-state index in [4.69, 9.17) is 4.74 Å². The lowest BCUT2D eigenvalue weighted by molar-refractivity contribution is -0.161. The van der Waals surface area contributed by atoms with Crippen LogP contribution in [0.4, 0.5) is 5.69 Å². The third kappa shape index (κ3) is 4.78. The molecule has 1 aromatic rings. The molecule has 2 aliphatic rings. The maximum atomic E-state index is 12.6. The number of hydrogen-bond acceptors (Lipinski definition) is 6. The van der Waals surface area contributed by atoms with Gasteiger partial charge in [0.05, 0.1) is 11.8 Å². The number of hydrogen-bond donors (Lipinski definition) is 0. The van der Waals surface area contributed by atoms with Gasteiger partial charge in [-0.1, -0.05) is 24.3 Å². The predicted molar refractivity (Wildman–Crippen MR) is 115 cm³/mol. The number of benzene rings is 1. The number of amides is 3. The van der Waals surface area contributed by atoms with E-state index in [0.29, 0.717) is 19.4 Å². The molecule has 0 radical (unpaired) electrons. The molecule has 0 spiro atoms. The van der Waals surface area contributed by atoms with Gasteiger partial charge in [0.2, 0.25) is 11.8 Å². The van der Waals surface area contributed by atoms with Gasteiger partial charge in [0.15, 0.2) is 6.61 Å². The second-order valence-corrected chi connectivity index (χ2v) is 8.30. The second kappa shape index (κ2) is 9.32. The van der Waals surface area contributed by atoms with Gasteiger partial charge in [0, 0.05) is 33.4 Å². The van der Waals surface area contributed by atoms with E-state index in [1.807, 2.05) is 55.4 Å². The molecule has 1 heterocycles. The lowest BCUT2D eigenvalue weighted by atomic mass is 9.85. The molecule has 0 aromatic heterocycles. The van der Waals surface area contributed by atoms with Crippen LogP contribution in [0.1, 0.15) is 25.3 Å². The quantitative estimate of drug-likeness (QED) is 0.373. The molecule has 1 aliphatic heterocycles. The summed E-state index contributed by atoms with van der Waals surface area (Å²) in [7, 11) is 5.53. The highest BCUT2D eigenvalue weighted by Crippen LogP contribution is 2.36. The van der Waals surface area contributed by atoms with Crippen molar-refractivity contribution in [1.29, 1.82) is 0 Å². The molecule has 1 saturated heterocycles. The Balaban J connectivity index is 1.52. The van der Waals surface area contributed by atoms with Crippen molar-refractivity contribution in [3.05, 3.63) is 42.0 Å². The molecule has 3 atom stereocenters. The van der Waals surface area contributed by atoms with Crippen LogP contribution in [-0.4, -0.2) is 67.3 Å². The van der Waals surface area contributed by atoms with Gasteiger partial charge in [-0.25, -0.2) is 4.79 Å². The van der Waals surface area contributed by atoms with Crippen LogP contribution >= 0.6 is 0 Å². The van der Waals surface area contributed by atoms with E-state index >= 15 is 0 Å². The number of fused-ring (bicyclic) bond motifs is 1. The van der Waals surface area contributed by atoms with Crippen LogP contribution in [-0.2, 0) is 30.5 Å². The minimum atomic E-state index is -1.05. The summed E-state index contributed by atoms with van der Waals surface area (Å²) >= 11 is 0. The Morgan fingerprint density at radius 2 is 1.58 bits per heavy atom. The lowest BCUT2D eigenvalue weighted by Crippen LogP contribution is -2.45. The van der Waals surface area contributed by atoms with E-state index in [2.05, 4.69) is 0 Å². The number of imide groups is 1. The molecule has 166 valence electrons. The first kappa shape index (κ1) is 22.5. The number of rotatable bonds is 7. The fourth-order valence-corrected chi connectivity index (χ4v) is 3.94. The summed E-state index contributed by atoms with van der Waals surface area (Å²) in [6, 6.07) is 6.75. The Morgan fingerprint density at radius 3 is 2.10 bits per heavy atom. The first-order valence-corrected chi connectivity index (χ1v) is 10.4. The van der Waals surface area contributed by atoms with Gasteiger partial charge >= 0.3 is 5.97 Å². The zero-order valence-electron chi connectivity index (χ0n) is 18.4. The largest absolute Gasteiger partial charge is 0.454 e. The smallest absolute Gasteiger partial charge is 0.329 e. The van der Waals surface area contributed by atoms with Crippen LogP contribution in [0.2, 0.25) is 0 Å². The van der Waals surface area contributed by atoms with Gasteiger partial charge in [-0.2, -0.15) is 0 Å². The summed E-state index contributed by atoms with van der Waals surface area (Å²) in [5.41, 5.74) is 2.01. The fourth-order valence-electron chi connectivity index (χ4n) is 3.94. The van der Waals surface area contributed by atoms with Gasteiger partial charge in [-0.15, -0.1) is 0 Å². The zero-order valence-corrected chi connectivity index (χ0v) is 18.4. The molecule has 3 rings (SSSR count). The SMILES string of the molecule is C[C@@H](C(=O)OCC(=O)N(C)Cc1ccc(N(C)C)cc1)N1C(=O)[C@H]2CC=CC[C@@H]2C1=O. The van der Waals surface area contributed by atoms with Crippen molar-refractivity contribution in [2.45, 2.75) is 32.4 Å². The van der Waals surface area contributed by atoms with Gasteiger partial charge in [0.25, 0.3) is 5.91 Å². The van der Waals surface area contributed by atoms with Crippen LogP contribution in [0.5, 0.6) is 0 Å². The molecule has 0 saturated carbocycles. The minimum absolute atomic E-state index is 0.339. The molecule has 8 nitrogen and oxygen atoms in total. The van der Waals surface area contributed by atoms with Gasteiger partial charge in [-0.05, 0) is 37.5 Å². The van der Waals surface area contributed by atoms with E-state index in [-0.39, 0.29) is 17.7 Å². The Kier molecular flexibility index (Phi) is 6.77. The first-order valence-electron chi connectivity index (χ1n) is 10.4. The lowest BCUT2D eigenvalue weighted by Gasteiger charge is -2.22. The number of ether oxygens (including phenoxy) is 1. The van der Waals surface area contributed by atoms with Gasteiger partial charge in [0.1, 0.15) is 6.04 Å². The number of carbonyl (C=O) groups excluding carboxylic acids is 4. The molecule has 0 unspecified atom stereocenters. The van der Waals surface area contributed by atoms with Crippen LogP contribution in [0.15, 0.2) is 36.4 Å². The summed E-state index contributed by atoms with van der Waals surface area (Å²) in [4.78, 5) is 54.5. The molecule has 1 aliphatic carbocycles. The Morgan fingerprint density at radius 1 is 1.03 bits per heavy atom. The number of nitrogens with zero attached hydrogens (tertiary/aromatic N) is 3. The van der Waals surface area contributed by atoms with Crippen molar-refractivity contribution in [3.8, 4) is 0 Å². The number of carbonyl (C=O) groups is 4. The second-order valence-electron chi connectivity index (χ2n) is 8.30. The van der Waals surface area contributed by atoms with Crippen molar-refractivity contribution in [2.75, 3.05) is 32.6 Å². The number of likely N-dealkylation sites (tertiary alicyclic amines) is 1. The van der Waals surface area contributed by atoms with Crippen molar-refractivity contribution in [3.63, 3.8) is 0 Å². The summed E-state index contributed by atoms with van der Waals surface area (Å²) in [6.45, 7) is 1.39. The van der Waals surface area contributed by atoms with Gasteiger partial charge in [-0.3, -0.25) is 19.3 Å². The molecule has 1 fully saturated rings. The van der Waals surface area contributed by atoms with E-state index in [0.717, 1.165) is 16.2 Å². The monoisotopic (exact) mass is 427 g/mol. The zero-order chi connectivity index (χ0) is 22.7. The Hall–Kier alpha value is -3.16. The van der Waals surface area contributed by atoms with Crippen molar-refractivity contribution < 1.29 is 23.9 Å². The number of likely N-dealkylation sites (N-methyl/N-ethyl adjacent to an activating group) is 1. The van der Waals surface area contributed by atoms with Crippen molar-refractivity contribution >= 4 is 29.4 Å². The maximum Gasteiger partial charge on any atom is 0.329 e. The standard InChI is InChI=1S/C23H29N3O5/c1-15(26-21(28)18-7-5-6-8-19(18)22(26)29)23(30)31-14-20(27)25(4)13-16-9-11-17(12-10-16)24(2)3/h5-6,9-12,15,18-19H,7-8,13-14H2,1-4H3/t15-,18-,19-/m0/s1. The van der Waals surface area contributed by atoms with Crippen molar-refractivity contribution in [2.24, 2.45) is 11.8 Å². The molecule has 8 heteroatoms. The average molecular weight is 428 g/mol. The van der Waals surface area contributed by atoms with Crippen LogP contribution in [0.3, 0.4) is 0 Å². The summed E-state index contributed by atoms with van der Waals surface area (Å²) in [5.74, 6) is -2.61. The fraction of sp³-hybridized carbons (Fsp3) is 0.478. The topological polar surface area (TPSA) is 87.2 Å². The highest BCUT2D eigenvalue weighted by Gasteiger charge is 2.50. The molecule has 31 heavy (non-hydrogen) atoms. The van der Waals surface area contributed by atoms with Crippen molar-refractivity contribution in [1.82, 2.24) is 9.80 Å². The number of anilines is 1. The van der Waals surface area contributed by atoms with Crippen LogP contribution in [0, 0.1) is 11.8 Å². The normalized spacial score (nSPS) is 21.0. The van der Waals surface area contributed by atoms with Crippen LogP contribution < -0.4 is 4.90 Å². The average Bonchev–Trinajstić information content (AvgIpc) is 3.02. The summed E-state index contributed by atoms with van der Waals surface area (Å²) in [5, 5.41) is 0. The van der Waals surface area contributed by atoms with Crippen LogP contribution in [0.25, 0.3) is 0 Å². The highest BCUT2D eigenvalue weighted by molar-refractivity contribution is 6.08. The third-order valence-electron chi connectivity index (χ3n) is 5.91. The van der Waals surface area contributed by atoms with E-state index in [1.54, 1.807) is 7.05 Å². The maximum absolute atomic E-state index is 12.6. The first-order chi connectivity index (χ1) is 14.7. The summed E-state index contributed by atoms with van der Waals surface area (Å²) < 4.78 is 5.14. The molecule has 0 N–H and O–H groups in total. The molecule has 3 amide bonds. The van der Waals surface area contributed by atoms with E-state index in [1.165, 1.54) is 11.8 Å².